The summed E-state index contributed by atoms with van der Waals surface area (Å²) in [6.07, 6.45) is 4.86. The summed E-state index contributed by atoms with van der Waals surface area (Å²) in [7, 11) is 0. The van der Waals surface area contributed by atoms with Gasteiger partial charge in [0, 0.05) is 0 Å². The third-order valence-electron chi connectivity index (χ3n) is 2.53. The molecule has 0 saturated carbocycles. The summed E-state index contributed by atoms with van der Waals surface area (Å²) >= 11 is 0. The molecule has 0 aromatic rings. The minimum Gasteiger partial charge on any atom is -0.375 e. The predicted octanol–water partition coefficient (Wildman–Crippen LogP) is 0.513. The second kappa shape index (κ2) is 1.96. The maximum absolute atomic E-state index is 5.60. The van der Waals surface area contributed by atoms with Crippen molar-refractivity contribution < 1.29 is 4.74 Å². The lowest BCUT2D eigenvalue weighted by atomic mass is 9.89. The SMILES string of the molecule is NC[C@@H]1C[C@H]2CC[C@@H]1O2. The van der Waals surface area contributed by atoms with Gasteiger partial charge in [-0.2, -0.15) is 0 Å². The molecule has 52 valence electrons. The van der Waals surface area contributed by atoms with E-state index in [0.29, 0.717) is 18.1 Å². The molecule has 0 unspecified atom stereocenters. The number of nitrogens with two attached hydrogens (primary N) is 1. The lowest BCUT2D eigenvalue weighted by molar-refractivity contribution is 0.0936. The zero-order chi connectivity index (χ0) is 6.27. The molecule has 0 aliphatic carbocycles. The van der Waals surface area contributed by atoms with Crippen LogP contribution >= 0.6 is 0 Å². The van der Waals surface area contributed by atoms with Crippen LogP contribution in [0.15, 0.2) is 0 Å². The third kappa shape index (κ3) is 0.775. The minimum atomic E-state index is 0.528. The Labute approximate surface area is 55.4 Å². The molecule has 0 aromatic carbocycles. The second-order valence-electron chi connectivity index (χ2n) is 3.11. The van der Waals surface area contributed by atoms with Crippen LogP contribution < -0.4 is 5.73 Å². The van der Waals surface area contributed by atoms with Crippen molar-refractivity contribution in [3.05, 3.63) is 0 Å². The van der Waals surface area contributed by atoms with Crippen LogP contribution in [0.25, 0.3) is 0 Å². The average Bonchev–Trinajstić information content (AvgIpc) is 2.45. The number of fused-ring (bicyclic) bond motifs is 2. The second-order valence-corrected chi connectivity index (χ2v) is 3.11. The first kappa shape index (κ1) is 5.69. The van der Waals surface area contributed by atoms with Gasteiger partial charge in [-0.1, -0.05) is 0 Å². The lowest BCUT2D eigenvalue weighted by Gasteiger charge is -2.14. The Hall–Kier alpha value is -0.0800. The highest BCUT2D eigenvalue weighted by Gasteiger charge is 2.39. The number of rotatable bonds is 1. The zero-order valence-corrected chi connectivity index (χ0v) is 5.55. The molecular weight excluding hydrogens is 114 g/mol. The van der Waals surface area contributed by atoms with Gasteiger partial charge in [0.25, 0.3) is 0 Å². The van der Waals surface area contributed by atoms with Crippen molar-refractivity contribution in [2.75, 3.05) is 6.54 Å². The van der Waals surface area contributed by atoms with Crippen LogP contribution in [0.5, 0.6) is 0 Å². The maximum Gasteiger partial charge on any atom is 0.0621 e. The van der Waals surface area contributed by atoms with Crippen molar-refractivity contribution in [3.8, 4) is 0 Å². The Kier molecular flexibility index (Phi) is 1.24. The summed E-state index contributed by atoms with van der Waals surface area (Å²) in [5.41, 5.74) is 5.54. The monoisotopic (exact) mass is 127 g/mol. The normalized spacial score (nSPS) is 48.3. The van der Waals surface area contributed by atoms with Gasteiger partial charge < -0.3 is 10.5 Å². The molecule has 3 atom stereocenters. The fourth-order valence-electron chi connectivity index (χ4n) is 1.99. The molecule has 2 nitrogen and oxygen atoms in total. The van der Waals surface area contributed by atoms with Gasteiger partial charge in [0.2, 0.25) is 0 Å². The summed E-state index contributed by atoms with van der Waals surface area (Å²) in [5.74, 6) is 0.684. The first-order valence-corrected chi connectivity index (χ1v) is 3.75. The van der Waals surface area contributed by atoms with Crippen molar-refractivity contribution in [2.24, 2.45) is 11.7 Å². The van der Waals surface area contributed by atoms with Crippen LogP contribution in [0, 0.1) is 5.92 Å². The van der Waals surface area contributed by atoms with Gasteiger partial charge in [-0.05, 0) is 31.7 Å². The summed E-state index contributed by atoms with van der Waals surface area (Å²) in [6.45, 7) is 0.821. The quantitative estimate of drug-likeness (QED) is 0.557. The van der Waals surface area contributed by atoms with Gasteiger partial charge in [0.1, 0.15) is 0 Å². The van der Waals surface area contributed by atoms with E-state index in [4.69, 9.17) is 10.5 Å². The summed E-state index contributed by atoms with van der Waals surface area (Å²) in [6, 6.07) is 0. The standard InChI is InChI=1S/C7H13NO/c8-4-5-3-6-1-2-7(5)9-6/h5-7H,1-4,8H2/t5-,6+,7-/m0/s1. The highest BCUT2D eigenvalue weighted by molar-refractivity contribution is 4.89. The average molecular weight is 127 g/mol. The molecule has 9 heavy (non-hydrogen) atoms. The molecule has 2 aliphatic heterocycles. The maximum atomic E-state index is 5.60. The summed E-state index contributed by atoms with van der Waals surface area (Å²) < 4.78 is 5.60. The molecule has 2 saturated heterocycles. The summed E-state index contributed by atoms with van der Waals surface area (Å²) in [5, 5.41) is 0. The highest BCUT2D eigenvalue weighted by atomic mass is 16.5. The third-order valence-corrected chi connectivity index (χ3v) is 2.53. The largest absolute Gasteiger partial charge is 0.375 e. The smallest absolute Gasteiger partial charge is 0.0621 e. The molecular formula is C7H13NO. The molecule has 2 rings (SSSR count). The van der Waals surface area contributed by atoms with E-state index < -0.39 is 0 Å². The number of ether oxygens (including phenoxy) is 1. The Balaban J connectivity index is 2.01. The Bertz CT molecular complexity index is 115. The van der Waals surface area contributed by atoms with Gasteiger partial charge in [0.15, 0.2) is 0 Å². The highest BCUT2D eigenvalue weighted by Crippen LogP contribution is 2.37. The van der Waals surface area contributed by atoms with E-state index in [9.17, 15) is 0 Å². The zero-order valence-electron chi connectivity index (χ0n) is 5.55. The van der Waals surface area contributed by atoms with Crippen LogP contribution in [-0.2, 0) is 4.74 Å². The first-order chi connectivity index (χ1) is 4.40. The van der Waals surface area contributed by atoms with Gasteiger partial charge in [-0.25, -0.2) is 0 Å². The van der Waals surface area contributed by atoms with Crippen LogP contribution in [0.3, 0.4) is 0 Å². The molecule has 2 N–H and O–H groups in total. The molecule has 0 spiro atoms. The van der Waals surface area contributed by atoms with Gasteiger partial charge in [-0.3, -0.25) is 0 Å². The number of hydrogen-bond acceptors (Lipinski definition) is 2. The predicted molar refractivity (Wildman–Crippen MR) is 35.1 cm³/mol. The lowest BCUT2D eigenvalue weighted by Crippen LogP contribution is -2.24. The van der Waals surface area contributed by atoms with E-state index in [1.54, 1.807) is 0 Å². The first-order valence-electron chi connectivity index (χ1n) is 3.75. The van der Waals surface area contributed by atoms with Crippen molar-refractivity contribution in [1.29, 1.82) is 0 Å². The van der Waals surface area contributed by atoms with E-state index in [0.717, 1.165) is 6.54 Å². The van der Waals surface area contributed by atoms with Crippen LogP contribution in [0.4, 0.5) is 0 Å². The van der Waals surface area contributed by atoms with E-state index in [2.05, 4.69) is 0 Å². The molecule has 2 heterocycles. The van der Waals surface area contributed by atoms with Gasteiger partial charge in [-0.15, -0.1) is 0 Å². The Morgan fingerprint density at radius 3 is 2.67 bits per heavy atom. The van der Waals surface area contributed by atoms with Crippen molar-refractivity contribution in [3.63, 3.8) is 0 Å². The molecule has 2 fully saturated rings. The van der Waals surface area contributed by atoms with E-state index in [1.807, 2.05) is 0 Å². The minimum absolute atomic E-state index is 0.528. The molecule has 2 bridgehead atoms. The van der Waals surface area contributed by atoms with Gasteiger partial charge in [0.05, 0.1) is 12.2 Å². The molecule has 0 radical (unpaired) electrons. The van der Waals surface area contributed by atoms with Crippen LogP contribution in [-0.4, -0.2) is 18.8 Å². The number of hydrogen-bond donors (Lipinski definition) is 1. The van der Waals surface area contributed by atoms with E-state index in [-0.39, 0.29) is 0 Å². The fraction of sp³-hybridized carbons (Fsp3) is 1.00. The van der Waals surface area contributed by atoms with E-state index in [1.165, 1.54) is 19.3 Å². The molecule has 0 aromatic heterocycles. The summed E-state index contributed by atoms with van der Waals surface area (Å²) in [4.78, 5) is 0. The fourth-order valence-corrected chi connectivity index (χ4v) is 1.99. The van der Waals surface area contributed by atoms with Crippen LogP contribution in [0.1, 0.15) is 19.3 Å². The van der Waals surface area contributed by atoms with Crippen molar-refractivity contribution in [1.82, 2.24) is 0 Å². The topological polar surface area (TPSA) is 35.2 Å². The van der Waals surface area contributed by atoms with Gasteiger partial charge >= 0.3 is 0 Å². The van der Waals surface area contributed by atoms with Crippen LogP contribution in [0.2, 0.25) is 0 Å². The molecule has 2 heteroatoms. The van der Waals surface area contributed by atoms with Crippen molar-refractivity contribution in [2.45, 2.75) is 31.5 Å². The molecule has 0 amide bonds. The van der Waals surface area contributed by atoms with E-state index >= 15 is 0 Å². The molecule has 2 aliphatic rings. The Morgan fingerprint density at radius 2 is 2.33 bits per heavy atom. The van der Waals surface area contributed by atoms with Crippen molar-refractivity contribution >= 4 is 0 Å². The Morgan fingerprint density at radius 1 is 1.44 bits per heavy atom.